The molecular weight excluding hydrogens is 258 g/mol. The molecule has 1 aromatic carbocycles. The SMILES string of the molecule is Cc1nn(C)c(C)c1CCC(N)c1ccccc1Cl. The Hall–Kier alpha value is -1.32. The smallest absolute Gasteiger partial charge is 0.0628 e. The van der Waals surface area contributed by atoms with E-state index in [9.17, 15) is 0 Å². The number of rotatable bonds is 4. The Morgan fingerprint density at radius 2 is 2.00 bits per heavy atom. The highest BCUT2D eigenvalue weighted by atomic mass is 35.5. The fourth-order valence-electron chi connectivity index (χ4n) is 2.41. The molecule has 0 aliphatic rings. The summed E-state index contributed by atoms with van der Waals surface area (Å²) in [6.45, 7) is 4.14. The summed E-state index contributed by atoms with van der Waals surface area (Å²) in [6, 6.07) is 7.75. The molecule has 2 N–H and O–H groups in total. The van der Waals surface area contributed by atoms with E-state index in [1.165, 1.54) is 11.3 Å². The molecule has 102 valence electrons. The van der Waals surface area contributed by atoms with Crippen LogP contribution < -0.4 is 5.73 Å². The Morgan fingerprint density at radius 3 is 2.58 bits per heavy atom. The van der Waals surface area contributed by atoms with E-state index in [0.29, 0.717) is 0 Å². The fourth-order valence-corrected chi connectivity index (χ4v) is 2.69. The summed E-state index contributed by atoms with van der Waals surface area (Å²) in [5, 5.41) is 5.17. The molecule has 0 saturated heterocycles. The molecule has 1 aromatic heterocycles. The van der Waals surface area contributed by atoms with Gasteiger partial charge in [0, 0.05) is 23.8 Å². The maximum absolute atomic E-state index is 6.24. The zero-order valence-electron chi connectivity index (χ0n) is 11.7. The van der Waals surface area contributed by atoms with Crippen LogP contribution in [0.4, 0.5) is 0 Å². The van der Waals surface area contributed by atoms with Crippen LogP contribution in [-0.4, -0.2) is 9.78 Å². The quantitative estimate of drug-likeness (QED) is 0.932. The predicted molar refractivity (Wildman–Crippen MR) is 79.4 cm³/mol. The summed E-state index contributed by atoms with van der Waals surface area (Å²) < 4.78 is 1.92. The average Bonchev–Trinajstić information content (AvgIpc) is 2.61. The topological polar surface area (TPSA) is 43.8 Å². The molecule has 0 fully saturated rings. The molecule has 1 unspecified atom stereocenters. The normalized spacial score (nSPS) is 12.7. The first-order chi connectivity index (χ1) is 9.00. The zero-order valence-corrected chi connectivity index (χ0v) is 12.4. The largest absolute Gasteiger partial charge is 0.324 e. The molecule has 2 rings (SSSR count). The van der Waals surface area contributed by atoms with Crippen LogP contribution in [-0.2, 0) is 13.5 Å². The third kappa shape index (κ3) is 2.99. The van der Waals surface area contributed by atoms with Gasteiger partial charge >= 0.3 is 0 Å². The van der Waals surface area contributed by atoms with Gasteiger partial charge in [-0.1, -0.05) is 29.8 Å². The maximum Gasteiger partial charge on any atom is 0.0628 e. The number of benzene rings is 1. The molecule has 0 spiro atoms. The number of hydrogen-bond acceptors (Lipinski definition) is 2. The first-order valence-corrected chi connectivity index (χ1v) is 6.87. The van der Waals surface area contributed by atoms with Gasteiger partial charge in [0.15, 0.2) is 0 Å². The lowest BCUT2D eigenvalue weighted by atomic mass is 9.99. The molecule has 2 aromatic rings. The van der Waals surface area contributed by atoms with Gasteiger partial charge < -0.3 is 5.73 Å². The van der Waals surface area contributed by atoms with E-state index in [1.807, 2.05) is 42.9 Å². The van der Waals surface area contributed by atoms with E-state index in [2.05, 4.69) is 12.0 Å². The van der Waals surface area contributed by atoms with Crippen LogP contribution in [0.5, 0.6) is 0 Å². The summed E-state index contributed by atoms with van der Waals surface area (Å²) in [5.41, 5.74) is 10.9. The van der Waals surface area contributed by atoms with E-state index in [0.717, 1.165) is 29.1 Å². The van der Waals surface area contributed by atoms with E-state index in [-0.39, 0.29) is 6.04 Å². The number of aromatic nitrogens is 2. The molecule has 1 heterocycles. The minimum Gasteiger partial charge on any atom is -0.324 e. The third-order valence-electron chi connectivity index (χ3n) is 3.67. The lowest BCUT2D eigenvalue weighted by molar-refractivity contribution is 0.647. The van der Waals surface area contributed by atoms with Crippen molar-refractivity contribution in [1.29, 1.82) is 0 Å². The van der Waals surface area contributed by atoms with Gasteiger partial charge in [-0.2, -0.15) is 5.10 Å². The Labute approximate surface area is 119 Å². The Bertz CT molecular complexity index is 575. The number of nitrogens with zero attached hydrogens (tertiary/aromatic N) is 2. The van der Waals surface area contributed by atoms with Crippen LogP contribution in [0, 0.1) is 13.8 Å². The Morgan fingerprint density at radius 1 is 1.32 bits per heavy atom. The van der Waals surface area contributed by atoms with Gasteiger partial charge in [-0.3, -0.25) is 4.68 Å². The van der Waals surface area contributed by atoms with Gasteiger partial charge in [-0.15, -0.1) is 0 Å². The average molecular weight is 278 g/mol. The minimum atomic E-state index is -0.0345. The highest BCUT2D eigenvalue weighted by Crippen LogP contribution is 2.25. The van der Waals surface area contributed by atoms with Crippen LogP contribution in [0.1, 0.15) is 35.0 Å². The molecule has 3 nitrogen and oxygen atoms in total. The van der Waals surface area contributed by atoms with Crippen molar-refractivity contribution >= 4 is 11.6 Å². The molecule has 0 aliphatic heterocycles. The molecule has 19 heavy (non-hydrogen) atoms. The van der Waals surface area contributed by atoms with Crippen molar-refractivity contribution in [2.45, 2.75) is 32.7 Å². The number of halogens is 1. The fraction of sp³-hybridized carbons (Fsp3) is 0.400. The summed E-state index contributed by atoms with van der Waals surface area (Å²) in [6.07, 6.45) is 1.80. The summed E-state index contributed by atoms with van der Waals surface area (Å²) in [5.74, 6) is 0. The lowest BCUT2D eigenvalue weighted by Crippen LogP contribution is -2.12. The minimum absolute atomic E-state index is 0.0345. The van der Waals surface area contributed by atoms with E-state index in [1.54, 1.807) is 0 Å². The van der Waals surface area contributed by atoms with E-state index < -0.39 is 0 Å². The second-order valence-electron chi connectivity index (χ2n) is 4.94. The Kier molecular flexibility index (Phi) is 4.27. The first-order valence-electron chi connectivity index (χ1n) is 6.49. The molecule has 1 atom stereocenters. The zero-order chi connectivity index (χ0) is 14.0. The van der Waals surface area contributed by atoms with Crippen molar-refractivity contribution in [1.82, 2.24) is 9.78 Å². The monoisotopic (exact) mass is 277 g/mol. The number of hydrogen-bond donors (Lipinski definition) is 1. The van der Waals surface area contributed by atoms with Gasteiger partial charge in [0.1, 0.15) is 0 Å². The van der Waals surface area contributed by atoms with Crippen molar-refractivity contribution in [3.05, 3.63) is 51.8 Å². The van der Waals surface area contributed by atoms with Gasteiger partial charge in [0.2, 0.25) is 0 Å². The van der Waals surface area contributed by atoms with Crippen LogP contribution in [0.2, 0.25) is 5.02 Å². The second kappa shape index (κ2) is 5.76. The van der Waals surface area contributed by atoms with Crippen molar-refractivity contribution in [3.8, 4) is 0 Å². The standard InChI is InChI=1S/C15H20ClN3/c1-10-12(11(2)19(3)18-10)8-9-15(17)13-6-4-5-7-14(13)16/h4-7,15H,8-9,17H2,1-3H3. The molecule has 0 amide bonds. The van der Waals surface area contributed by atoms with Crippen molar-refractivity contribution in [2.24, 2.45) is 12.8 Å². The van der Waals surface area contributed by atoms with Gasteiger partial charge in [-0.25, -0.2) is 0 Å². The van der Waals surface area contributed by atoms with Crippen LogP contribution in [0.15, 0.2) is 24.3 Å². The molecule has 0 radical (unpaired) electrons. The van der Waals surface area contributed by atoms with Crippen molar-refractivity contribution in [2.75, 3.05) is 0 Å². The number of nitrogens with two attached hydrogens (primary N) is 1. The van der Waals surface area contributed by atoms with Gasteiger partial charge in [-0.05, 0) is 43.9 Å². The maximum atomic E-state index is 6.24. The van der Waals surface area contributed by atoms with Gasteiger partial charge in [0.05, 0.1) is 5.69 Å². The predicted octanol–water partition coefficient (Wildman–Crippen LogP) is 3.32. The van der Waals surface area contributed by atoms with Crippen LogP contribution >= 0.6 is 11.6 Å². The highest BCUT2D eigenvalue weighted by molar-refractivity contribution is 6.31. The third-order valence-corrected chi connectivity index (χ3v) is 4.01. The first kappa shape index (κ1) is 14.1. The van der Waals surface area contributed by atoms with E-state index in [4.69, 9.17) is 17.3 Å². The molecule has 4 heteroatoms. The Balaban J connectivity index is 2.09. The lowest BCUT2D eigenvalue weighted by Gasteiger charge is -2.13. The summed E-state index contributed by atoms with van der Waals surface area (Å²) in [7, 11) is 1.97. The van der Waals surface area contributed by atoms with Crippen LogP contribution in [0.3, 0.4) is 0 Å². The van der Waals surface area contributed by atoms with Crippen molar-refractivity contribution < 1.29 is 0 Å². The van der Waals surface area contributed by atoms with E-state index >= 15 is 0 Å². The van der Waals surface area contributed by atoms with Crippen molar-refractivity contribution in [3.63, 3.8) is 0 Å². The molecule has 0 bridgehead atoms. The summed E-state index contributed by atoms with van der Waals surface area (Å²) in [4.78, 5) is 0. The summed E-state index contributed by atoms with van der Waals surface area (Å²) >= 11 is 6.17. The van der Waals surface area contributed by atoms with Gasteiger partial charge in [0.25, 0.3) is 0 Å². The highest BCUT2D eigenvalue weighted by Gasteiger charge is 2.13. The molecular formula is C15H20ClN3. The van der Waals surface area contributed by atoms with Crippen LogP contribution in [0.25, 0.3) is 0 Å². The molecule has 0 saturated carbocycles. The second-order valence-corrected chi connectivity index (χ2v) is 5.35. The molecule has 0 aliphatic carbocycles. The number of aryl methyl sites for hydroxylation is 2.